The number of fused-ring (bicyclic) bond motifs is 1. The summed E-state index contributed by atoms with van der Waals surface area (Å²) in [6.07, 6.45) is 2.39. The van der Waals surface area contributed by atoms with Gasteiger partial charge in [0.25, 0.3) is 0 Å². The predicted molar refractivity (Wildman–Crippen MR) is 72.3 cm³/mol. The van der Waals surface area contributed by atoms with Gasteiger partial charge in [-0.1, -0.05) is 0 Å². The van der Waals surface area contributed by atoms with Crippen LogP contribution in [0, 0.1) is 11.7 Å². The van der Waals surface area contributed by atoms with Crippen LogP contribution in [0.25, 0.3) is 0 Å². The zero-order valence-electron chi connectivity index (χ0n) is 10.7. The van der Waals surface area contributed by atoms with Gasteiger partial charge in [0.05, 0.1) is 11.4 Å². The van der Waals surface area contributed by atoms with Crippen LogP contribution < -0.4 is 16.0 Å². The van der Waals surface area contributed by atoms with Gasteiger partial charge in [0.2, 0.25) is 5.91 Å². The molecule has 1 aromatic rings. The van der Waals surface area contributed by atoms with Crippen molar-refractivity contribution in [1.82, 2.24) is 5.32 Å². The Morgan fingerprint density at radius 3 is 3.05 bits per heavy atom. The van der Waals surface area contributed by atoms with Gasteiger partial charge in [0, 0.05) is 25.6 Å². The van der Waals surface area contributed by atoms with Gasteiger partial charge in [-0.25, -0.2) is 4.39 Å². The van der Waals surface area contributed by atoms with Crippen molar-refractivity contribution in [3.05, 3.63) is 24.0 Å². The molecule has 2 unspecified atom stereocenters. The van der Waals surface area contributed by atoms with Crippen LogP contribution in [0.5, 0.6) is 0 Å². The second-order valence-electron chi connectivity index (χ2n) is 5.41. The van der Waals surface area contributed by atoms with E-state index in [1.165, 1.54) is 12.1 Å². The van der Waals surface area contributed by atoms with E-state index in [1.807, 2.05) is 0 Å². The SMILES string of the molecule is Nc1ccc(F)cc1N1CCC2NC(=O)CCC2C1. The number of nitrogens with zero attached hydrogens (tertiary/aromatic N) is 1. The van der Waals surface area contributed by atoms with Crippen LogP contribution in [0.2, 0.25) is 0 Å². The minimum absolute atomic E-state index is 0.153. The Balaban J connectivity index is 1.77. The van der Waals surface area contributed by atoms with E-state index in [2.05, 4.69) is 10.2 Å². The molecule has 2 atom stereocenters. The van der Waals surface area contributed by atoms with E-state index in [1.54, 1.807) is 6.07 Å². The summed E-state index contributed by atoms with van der Waals surface area (Å²) in [5.74, 6) is 0.331. The Kier molecular flexibility index (Phi) is 3.05. The van der Waals surface area contributed by atoms with Gasteiger partial charge in [-0.15, -0.1) is 0 Å². The minimum Gasteiger partial charge on any atom is -0.397 e. The molecule has 5 heteroatoms. The van der Waals surface area contributed by atoms with Gasteiger partial charge >= 0.3 is 0 Å². The first-order valence-electron chi connectivity index (χ1n) is 6.73. The van der Waals surface area contributed by atoms with Crippen LogP contribution in [0.1, 0.15) is 19.3 Å². The number of anilines is 2. The molecule has 4 nitrogen and oxygen atoms in total. The standard InChI is InChI=1S/C14H18FN3O/c15-10-2-3-11(16)13(7-10)18-6-5-12-9(8-18)1-4-14(19)17-12/h2-3,7,9,12H,1,4-6,8,16H2,(H,17,19). The van der Waals surface area contributed by atoms with Gasteiger partial charge in [0.15, 0.2) is 0 Å². The zero-order chi connectivity index (χ0) is 13.4. The molecule has 3 N–H and O–H groups in total. The van der Waals surface area contributed by atoms with Crippen LogP contribution in [-0.4, -0.2) is 25.0 Å². The number of amides is 1. The van der Waals surface area contributed by atoms with E-state index in [4.69, 9.17) is 5.73 Å². The van der Waals surface area contributed by atoms with Gasteiger partial charge in [-0.3, -0.25) is 4.79 Å². The second-order valence-corrected chi connectivity index (χ2v) is 5.41. The molecule has 19 heavy (non-hydrogen) atoms. The van der Waals surface area contributed by atoms with Gasteiger partial charge < -0.3 is 16.0 Å². The van der Waals surface area contributed by atoms with Crippen molar-refractivity contribution in [1.29, 1.82) is 0 Å². The molecule has 0 aliphatic carbocycles. The zero-order valence-corrected chi connectivity index (χ0v) is 10.7. The third-order valence-corrected chi connectivity index (χ3v) is 4.16. The number of carbonyl (C=O) groups excluding carboxylic acids is 1. The highest BCUT2D eigenvalue weighted by molar-refractivity contribution is 5.77. The first-order valence-corrected chi connectivity index (χ1v) is 6.73. The third kappa shape index (κ3) is 2.37. The van der Waals surface area contributed by atoms with E-state index >= 15 is 0 Å². The van der Waals surface area contributed by atoms with Crippen LogP contribution in [0.4, 0.5) is 15.8 Å². The fraction of sp³-hybridized carbons (Fsp3) is 0.500. The van der Waals surface area contributed by atoms with Crippen molar-refractivity contribution < 1.29 is 9.18 Å². The number of nitrogens with one attached hydrogen (secondary N) is 1. The number of benzene rings is 1. The summed E-state index contributed by atoms with van der Waals surface area (Å²) in [5, 5.41) is 3.05. The lowest BCUT2D eigenvalue weighted by Gasteiger charge is -2.42. The normalized spacial score (nSPS) is 26.8. The summed E-state index contributed by atoms with van der Waals surface area (Å²) < 4.78 is 13.3. The Labute approximate surface area is 111 Å². The van der Waals surface area contributed by atoms with E-state index in [-0.39, 0.29) is 17.8 Å². The molecule has 1 aromatic carbocycles. The van der Waals surface area contributed by atoms with E-state index in [0.29, 0.717) is 18.0 Å². The molecular weight excluding hydrogens is 245 g/mol. The van der Waals surface area contributed by atoms with Crippen LogP contribution in [0.3, 0.4) is 0 Å². The number of hydrogen-bond acceptors (Lipinski definition) is 3. The van der Waals surface area contributed by atoms with Crippen LogP contribution >= 0.6 is 0 Å². The van der Waals surface area contributed by atoms with Crippen molar-refractivity contribution in [3.8, 4) is 0 Å². The summed E-state index contributed by atoms with van der Waals surface area (Å²) in [7, 11) is 0. The largest absolute Gasteiger partial charge is 0.397 e. The number of halogens is 1. The van der Waals surface area contributed by atoms with Crippen molar-refractivity contribution in [2.45, 2.75) is 25.3 Å². The van der Waals surface area contributed by atoms with Gasteiger partial charge in [-0.2, -0.15) is 0 Å². The lowest BCUT2D eigenvalue weighted by atomic mass is 9.85. The molecule has 0 saturated carbocycles. The number of rotatable bonds is 1. The molecule has 1 amide bonds. The summed E-state index contributed by atoms with van der Waals surface area (Å²) in [6, 6.07) is 4.76. The number of nitrogens with two attached hydrogens (primary N) is 1. The second kappa shape index (κ2) is 4.72. The number of carbonyl (C=O) groups is 1. The van der Waals surface area contributed by atoms with Crippen LogP contribution in [-0.2, 0) is 4.79 Å². The molecule has 2 saturated heterocycles. The molecule has 0 radical (unpaired) electrons. The van der Waals surface area contributed by atoms with Crippen molar-refractivity contribution in [2.75, 3.05) is 23.7 Å². The molecule has 0 bridgehead atoms. The van der Waals surface area contributed by atoms with Crippen molar-refractivity contribution >= 4 is 17.3 Å². The summed E-state index contributed by atoms with van der Waals surface area (Å²) in [6.45, 7) is 1.63. The molecule has 2 fully saturated rings. The molecule has 0 aromatic heterocycles. The average Bonchev–Trinajstić information content (AvgIpc) is 2.41. The smallest absolute Gasteiger partial charge is 0.220 e. The summed E-state index contributed by atoms with van der Waals surface area (Å²) in [4.78, 5) is 13.5. The molecule has 2 aliphatic rings. The van der Waals surface area contributed by atoms with Crippen molar-refractivity contribution in [2.24, 2.45) is 5.92 Å². The van der Waals surface area contributed by atoms with Crippen molar-refractivity contribution in [3.63, 3.8) is 0 Å². The predicted octanol–water partition coefficient (Wildman–Crippen LogP) is 1.51. The number of piperidine rings is 2. The highest BCUT2D eigenvalue weighted by Gasteiger charge is 2.34. The average molecular weight is 263 g/mol. The summed E-state index contributed by atoms with van der Waals surface area (Å²) in [5.41, 5.74) is 7.32. The minimum atomic E-state index is -0.261. The fourth-order valence-corrected chi connectivity index (χ4v) is 3.12. The molecular formula is C14H18FN3O. The molecule has 0 spiro atoms. The van der Waals surface area contributed by atoms with Crippen LogP contribution in [0.15, 0.2) is 18.2 Å². The Morgan fingerprint density at radius 1 is 1.37 bits per heavy atom. The number of nitrogen functional groups attached to an aromatic ring is 1. The topological polar surface area (TPSA) is 58.4 Å². The Bertz CT molecular complexity index is 505. The highest BCUT2D eigenvalue weighted by atomic mass is 19.1. The van der Waals surface area contributed by atoms with E-state index in [9.17, 15) is 9.18 Å². The fourth-order valence-electron chi connectivity index (χ4n) is 3.12. The monoisotopic (exact) mass is 263 g/mol. The summed E-state index contributed by atoms with van der Waals surface area (Å²) >= 11 is 0. The Hall–Kier alpha value is -1.78. The van der Waals surface area contributed by atoms with Gasteiger partial charge in [-0.05, 0) is 37.0 Å². The molecule has 2 aliphatic heterocycles. The first kappa shape index (κ1) is 12.3. The quantitative estimate of drug-likeness (QED) is 0.755. The maximum atomic E-state index is 13.3. The van der Waals surface area contributed by atoms with E-state index in [0.717, 1.165) is 31.6 Å². The first-order chi connectivity index (χ1) is 9.13. The molecule has 2 heterocycles. The Morgan fingerprint density at radius 2 is 2.21 bits per heavy atom. The lowest BCUT2D eigenvalue weighted by molar-refractivity contribution is -0.124. The third-order valence-electron chi connectivity index (χ3n) is 4.16. The molecule has 3 rings (SSSR count). The number of hydrogen-bond donors (Lipinski definition) is 2. The lowest BCUT2D eigenvalue weighted by Crippen LogP contribution is -2.54. The van der Waals surface area contributed by atoms with Gasteiger partial charge in [0.1, 0.15) is 5.82 Å². The van der Waals surface area contributed by atoms with E-state index < -0.39 is 0 Å². The maximum Gasteiger partial charge on any atom is 0.220 e. The maximum absolute atomic E-state index is 13.3. The molecule has 102 valence electrons. The highest BCUT2D eigenvalue weighted by Crippen LogP contribution is 2.31.